The van der Waals surface area contributed by atoms with Crippen molar-refractivity contribution in [3.05, 3.63) is 57.0 Å². The summed E-state index contributed by atoms with van der Waals surface area (Å²) < 4.78 is 31.7. The van der Waals surface area contributed by atoms with Gasteiger partial charge in [0.1, 0.15) is 18.3 Å². The molecule has 1 fully saturated rings. The molecule has 0 radical (unpaired) electrons. The Bertz CT molecular complexity index is 1270. The monoisotopic (exact) mass is 603 g/mol. The number of hydrogen-bond acceptors (Lipinski definition) is 5. The standard InChI is InChI=1S/C26H32Cl3N3O5S/c1-17(26(34)30-19-9-5-4-6-10-19)31(15-18-8-7-11-20(12-18)37-2)25(33)16-32(38(3,35)36)24-14-22(28)21(27)13-23(24)29/h7-8,11-14,17,19H,4-6,9-10,15-16H2,1-3H3,(H,30,34). The first kappa shape index (κ1) is 30.3. The number of amides is 2. The van der Waals surface area contributed by atoms with Crippen molar-refractivity contribution in [2.45, 2.75) is 57.7 Å². The third kappa shape index (κ3) is 7.91. The molecule has 0 bridgehead atoms. The van der Waals surface area contributed by atoms with Crippen molar-refractivity contribution in [2.24, 2.45) is 0 Å². The van der Waals surface area contributed by atoms with Crippen LogP contribution in [0.15, 0.2) is 36.4 Å². The van der Waals surface area contributed by atoms with Gasteiger partial charge in [-0.15, -0.1) is 0 Å². The van der Waals surface area contributed by atoms with Crippen LogP contribution in [0.4, 0.5) is 5.69 Å². The van der Waals surface area contributed by atoms with Crippen molar-refractivity contribution in [3.8, 4) is 5.75 Å². The molecule has 1 N–H and O–H groups in total. The van der Waals surface area contributed by atoms with E-state index in [1.165, 1.54) is 24.1 Å². The second-order valence-electron chi connectivity index (χ2n) is 9.38. The number of anilines is 1. The molecule has 0 spiro atoms. The molecule has 3 rings (SSSR count). The van der Waals surface area contributed by atoms with Crippen LogP contribution < -0.4 is 14.4 Å². The quantitative estimate of drug-likeness (QED) is 0.372. The van der Waals surface area contributed by atoms with Gasteiger partial charge in [0.25, 0.3) is 0 Å². The first-order chi connectivity index (χ1) is 17.9. The molecule has 0 saturated heterocycles. The molecule has 1 saturated carbocycles. The number of ether oxygens (including phenoxy) is 1. The predicted octanol–water partition coefficient (Wildman–Crippen LogP) is 5.29. The van der Waals surface area contributed by atoms with E-state index in [1.807, 2.05) is 0 Å². The van der Waals surface area contributed by atoms with Crippen molar-refractivity contribution < 1.29 is 22.7 Å². The Morgan fingerprint density at radius 2 is 1.71 bits per heavy atom. The zero-order chi connectivity index (χ0) is 28.0. The van der Waals surface area contributed by atoms with Crippen molar-refractivity contribution >= 4 is 62.3 Å². The molecule has 38 heavy (non-hydrogen) atoms. The Balaban J connectivity index is 1.93. The maximum atomic E-state index is 13.7. The minimum atomic E-state index is -3.97. The summed E-state index contributed by atoms with van der Waals surface area (Å²) in [6.07, 6.45) is 5.96. The Morgan fingerprint density at radius 1 is 1.05 bits per heavy atom. The topological polar surface area (TPSA) is 96.0 Å². The number of carbonyl (C=O) groups excluding carboxylic acids is 2. The molecule has 1 aliphatic rings. The maximum Gasteiger partial charge on any atom is 0.244 e. The highest BCUT2D eigenvalue weighted by molar-refractivity contribution is 7.92. The summed E-state index contributed by atoms with van der Waals surface area (Å²) in [4.78, 5) is 28.3. The SMILES string of the molecule is COc1cccc(CN(C(=O)CN(c2cc(Cl)c(Cl)cc2Cl)S(C)(=O)=O)C(C)C(=O)NC2CCCCC2)c1. The number of carbonyl (C=O) groups is 2. The fourth-order valence-electron chi connectivity index (χ4n) is 4.42. The zero-order valence-corrected chi connectivity index (χ0v) is 24.6. The van der Waals surface area contributed by atoms with E-state index in [9.17, 15) is 18.0 Å². The van der Waals surface area contributed by atoms with Crippen molar-refractivity contribution in [1.29, 1.82) is 0 Å². The number of benzene rings is 2. The highest BCUT2D eigenvalue weighted by Gasteiger charge is 2.32. The van der Waals surface area contributed by atoms with E-state index in [-0.39, 0.29) is 39.2 Å². The summed E-state index contributed by atoms with van der Waals surface area (Å²) >= 11 is 18.4. The van der Waals surface area contributed by atoms with E-state index in [0.717, 1.165) is 42.7 Å². The van der Waals surface area contributed by atoms with E-state index in [1.54, 1.807) is 31.2 Å². The Hall–Kier alpha value is -2.20. The third-order valence-electron chi connectivity index (χ3n) is 6.54. The van der Waals surface area contributed by atoms with Gasteiger partial charge in [0.2, 0.25) is 21.8 Å². The van der Waals surface area contributed by atoms with E-state index in [0.29, 0.717) is 11.3 Å². The van der Waals surface area contributed by atoms with E-state index < -0.39 is 28.5 Å². The summed E-state index contributed by atoms with van der Waals surface area (Å²) in [6.45, 7) is 1.09. The van der Waals surface area contributed by atoms with Crippen molar-refractivity contribution in [1.82, 2.24) is 10.2 Å². The molecule has 0 aliphatic heterocycles. The lowest BCUT2D eigenvalue weighted by molar-refractivity contribution is -0.139. The molecular formula is C26H32Cl3N3O5S. The number of sulfonamides is 1. The van der Waals surface area contributed by atoms with Crippen molar-refractivity contribution in [3.63, 3.8) is 0 Å². The van der Waals surface area contributed by atoms with Crippen LogP contribution in [-0.4, -0.2) is 57.1 Å². The van der Waals surface area contributed by atoms with E-state index >= 15 is 0 Å². The number of rotatable bonds is 10. The molecular weight excluding hydrogens is 573 g/mol. The average Bonchev–Trinajstić information content (AvgIpc) is 2.87. The number of nitrogens with one attached hydrogen (secondary N) is 1. The first-order valence-corrected chi connectivity index (χ1v) is 15.2. The van der Waals surface area contributed by atoms with Gasteiger partial charge in [-0.05, 0) is 49.6 Å². The van der Waals surface area contributed by atoms with Crippen LogP contribution in [0.3, 0.4) is 0 Å². The van der Waals surface area contributed by atoms with Crippen LogP contribution in [0.2, 0.25) is 15.1 Å². The third-order valence-corrected chi connectivity index (χ3v) is 8.69. The highest BCUT2D eigenvalue weighted by atomic mass is 35.5. The molecule has 0 heterocycles. The van der Waals surface area contributed by atoms with Gasteiger partial charge in [-0.1, -0.05) is 66.2 Å². The second-order valence-corrected chi connectivity index (χ2v) is 12.5. The van der Waals surface area contributed by atoms with E-state index in [4.69, 9.17) is 39.5 Å². The lowest BCUT2D eigenvalue weighted by Gasteiger charge is -2.33. The van der Waals surface area contributed by atoms with Crippen LogP contribution >= 0.6 is 34.8 Å². The Morgan fingerprint density at radius 3 is 2.34 bits per heavy atom. The molecule has 2 aromatic rings. The van der Waals surface area contributed by atoms with Crippen LogP contribution in [0.25, 0.3) is 0 Å². The molecule has 2 aromatic carbocycles. The summed E-state index contributed by atoms with van der Waals surface area (Å²) in [5.74, 6) is -0.298. The Kier molecular flexibility index (Phi) is 10.6. The van der Waals surface area contributed by atoms with Gasteiger partial charge in [0.05, 0.1) is 34.1 Å². The van der Waals surface area contributed by atoms with Crippen molar-refractivity contribution in [2.75, 3.05) is 24.2 Å². The van der Waals surface area contributed by atoms with Gasteiger partial charge in [-0.3, -0.25) is 13.9 Å². The van der Waals surface area contributed by atoms with Crippen LogP contribution in [0.1, 0.15) is 44.6 Å². The molecule has 1 aliphatic carbocycles. The Labute approximate surface area is 239 Å². The molecule has 208 valence electrons. The first-order valence-electron chi connectivity index (χ1n) is 12.3. The van der Waals surface area contributed by atoms with Gasteiger partial charge < -0.3 is 15.0 Å². The smallest absolute Gasteiger partial charge is 0.244 e. The number of nitrogens with zero attached hydrogens (tertiary/aromatic N) is 2. The molecule has 0 aromatic heterocycles. The largest absolute Gasteiger partial charge is 0.497 e. The number of halogens is 3. The van der Waals surface area contributed by atoms with Gasteiger partial charge >= 0.3 is 0 Å². The molecule has 12 heteroatoms. The van der Waals surface area contributed by atoms with Gasteiger partial charge in [0.15, 0.2) is 0 Å². The molecule has 8 nitrogen and oxygen atoms in total. The summed E-state index contributed by atoms with van der Waals surface area (Å²) in [7, 11) is -2.44. The van der Waals surface area contributed by atoms with Crippen LogP contribution in [0, 0.1) is 0 Å². The molecule has 1 atom stereocenters. The second kappa shape index (κ2) is 13.2. The molecule has 1 unspecified atom stereocenters. The lowest BCUT2D eigenvalue weighted by atomic mass is 9.95. The van der Waals surface area contributed by atoms with Gasteiger partial charge in [0, 0.05) is 12.6 Å². The van der Waals surface area contributed by atoms with Gasteiger partial charge in [-0.25, -0.2) is 8.42 Å². The molecule has 2 amide bonds. The highest BCUT2D eigenvalue weighted by Crippen LogP contribution is 2.35. The number of methoxy groups -OCH3 is 1. The lowest BCUT2D eigenvalue weighted by Crippen LogP contribution is -2.53. The zero-order valence-electron chi connectivity index (χ0n) is 21.5. The predicted molar refractivity (Wildman–Crippen MR) is 152 cm³/mol. The van der Waals surface area contributed by atoms with Crippen LogP contribution in [-0.2, 0) is 26.2 Å². The summed E-state index contributed by atoms with van der Waals surface area (Å²) in [5, 5.41) is 3.30. The minimum absolute atomic E-state index is 0.0116. The summed E-state index contributed by atoms with van der Waals surface area (Å²) in [5.41, 5.74) is 0.728. The minimum Gasteiger partial charge on any atom is -0.497 e. The normalized spacial score (nSPS) is 15.0. The fraction of sp³-hybridized carbons (Fsp3) is 0.462. The summed E-state index contributed by atoms with van der Waals surface area (Å²) in [6, 6.07) is 8.91. The van der Waals surface area contributed by atoms with Gasteiger partial charge in [-0.2, -0.15) is 0 Å². The van der Waals surface area contributed by atoms with E-state index in [2.05, 4.69) is 5.32 Å². The fourth-order valence-corrected chi connectivity index (χ4v) is 5.96. The average molecular weight is 605 g/mol. The van der Waals surface area contributed by atoms with Crippen LogP contribution in [0.5, 0.6) is 5.75 Å². The number of hydrogen-bond donors (Lipinski definition) is 1. The maximum absolute atomic E-state index is 13.7.